The summed E-state index contributed by atoms with van der Waals surface area (Å²) in [5, 5.41) is 15.6. The van der Waals surface area contributed by atoms with Crippen molar-refractivity contribution in [1.29, 1.82) is 0 Å². The van der Waals surface area contributed by atoms with Crippen LogP contribution in [0, 0.1) is 13.8 Å². The van der Waals surface area contributed by atoms with E-state index in [2.05, 4.69) is 10.4 Å². The third-order valence-corrected chi connectivity index (χ3v) is 3.04. The molecule has 0 unspecified atom stereocenters. The van der Waals surface area contributed by atoms with Gasteiger partial charge in [-0.05, 0) is 32.8 Å². The van der Waals surface area contributed by atoms with Gasteiger partial charge in [0, 0.05) is 31.6 Å². The van der Waals surface area contributed by atoms with E-state index in [1.54, 1.807) is 0 Å². The van der Waals surface area contributed by atoms with Crippen molar-refractivity contribution in [2.24, 2.45) is 0 Å². The zero-order valence-corrected chi connectivity index (χ0v) is 12.2. The maximum absolute atomic E-state index is 11.6. The number of amides is 1. The fourth-order valence-corrected chi connectivity index (χ4v) is 2.00. The monoisotopic (exact) mass is 281 g/mol. The lowest BCUT2D eigenvalue weighted by Crippen LogP contribution is -2.25. The van der Waals surface area contributed by atoms with Crippen molar-refractivity contribution in [3.8, 4) is 0 Å². The molecule has 6 nitrogen and oxygen atoms in total. The number of hydrogen-bond donors (Lipinski definition) is 2. The summed E-state index contributed by atoms with van der Waals surface area (Å²) in [5.41, 5.74) is 2.02. The predicted octanol–water partition coefficient (Wildman–Crippen LogP) is 1.65. The SMILES string of the molecule is Cc1cc(C)n(CCC(=O)NCCCCCC(=O)O)n1. The molecule has 0 saturated carbocycles. The molecule has 0 aromatic carbocycles. The van der Waals surface area contributed by atoms with E-state index in [4.69, 9.17) is 5.11 Å². The fourth-order valence-electron chi connectivity index (χ4n) is 2.00. The number of carboxylic acid groups (broad SMARTS) is 1. The fraction of sp³-hybridized carbons (Fsp3) is 0.643. The summed E-state index contributed by atoms with van der Waals surface area (Å²) < 4.78 is 1.84. The van der Waals surface area contributed by atoms with E-state index in [0.717, 1.165) is 24.2 Å². The molecule has 0 atom stereocenters. The van der Waals surface area contributed by atoms with Crippen LogP contribution in [0.15, 0.2) is 6.07 Å². The lowest BCUT2D eigenvalue weighted by atomic mass is 10.2. The van der Waals surface area contributed by atoms with Crippen LogP contribution in [0.3, 0.4) is 0 Å². The number of unbranched alkanes of at least 4 members (excludes halogenated alkanes) is 2. The average Bonchev–Trinajstić information content (AvgIpc) is 2.69. The highest BCUT2D eigenvalue weighted by Crippen LogP contribution is 2.03. The van der Waals surface area contributed by atoms with E-state index >= 15 is 0 Å². The lowest BCUT2D eigenvalue weighted by molar-refractivity contribution is -0.137. The second kappa shape index (κ2) is 8.35. The highest BCUT2D eigenvalue weighted by atomic mass is 16.4. The summed E-state index contributed by atoms with van der Waals surface area (Å²) in [5.74, 6) is -0.755. The molecule has 20 heavy (non-hydrogen) atoms. The molecule has 0 spiro atoms. The largest absolute Gasteiger partial charge is 0.481 e. The molecule has 6 heteroatoms. The van der Waals surface area contributed by atoms with Crippen LogP contribution in [0.1, 0.15) is 43.5 Å². The molecule has 1 aromatic rings. The summed E-state index contributed by atoms with van der Waals surface area (Å²) in [4.78, 5) is 21.9. The van der Waals surface area contributed by atoms with Gasteiger partial charge in [-0.15, -0.1) is 0 Å². The van der Waals surface area contributed by atoms with Gasteiger partial charge >= 0.3 is 5.97 Å². The summed E-state index contributed by atoms with van der Waals surface area (Å²) in [6.45, 7) is 5.10. The van der Waals surface area contributed by atoms with E-state index in [-0.39, 0.29) is 12.3 Å². The number of carboxylic acids is 1. The van der Waals surface area contributed by atoms with Gasteiger partial charge in [0.05, 0.1) is 5.69 Å². The lowest BCUT2D eigenvalue weighted by Gasteiger charge is -2.06. The second-order valence-corrected chi connectivity index (χ2v) is 4.95. The quantitative estimate of drug-likeness (QED) is 0.674. The van der Waals surface area contributed by atoms with E-state index in [1.807, 2.05) is 24.6 Å². The molecule has 0 aliphatic heterocycles. The number of nitrogens with one attached hydrogen (secondary N) is 1. The van der Waals surface area contributed by atoms with E-state index in [9.17, 15) is 9.59 Å². The Morgan fingerprint density at radius 2 is 2.00 bits per heavy atom. The molecule has 0 fully saturated rings. The Morgan fingerprint density at radius 1 is 1.25 bits per heavy atom. The summed E-state index contributed by atoms with van der Waals surface area (Å²) in [6.07, 6.45) is 2.92. The van der Waals surface area contributed by atoms with Gasteiger partial charge in [0.1, 0.15) is 0 Å². The van der Waals surface area contributed by atoms with Crippen LogP contribution in [-0.2, 0) is 16.1 Å². The van der Waals surface area contributed by atoms with E-state index in [0.29, 0.717) is 25.9 Å². The molecule has 1 heterocycles. The van der Waals surface area contributed by atoms with Crippen LogP contribution in [-0.4, -0.2) is 33.3 Å². The minimum atomic E-state index is -0.765. The summed E-state index contributed by atoms with van der Waals surface area (Å²) in [7, 11) is 0. The number of carbonyl (C=O) groups excluding carboxylic acids is 1. The second-order valence-electron chi connectivity index (χ2n) is 4.95. The van der Waals surface area contributed by atoms with Gasteiger partial charge < -0.3 is 10.4 Å². The van der Waals surface area contributed by atoms with Crippen LogP contribution < -0.4 is 5.32 Å². The number of rotatable bonds is 9. The van der Waals surface area contributed by atoms with Crippen LogP contribution in [0.25, 0.3) is 0 Å². The van der Waals surface area contributed by atoms with Gasteiger partial charge in [-0.25, -0.2) is 0 Å². The Labute approximate surface area is 119 Å². The van der Waals surface area contributed by atoms with Crippen LogP contribution in [0.5, 0.6) is 0 Å². The first-order valence-corrected chi connectivity index (χ1v) is 6.98. The van der Waals surface area contributed by atoms with Crippen LogP contribution >= 0.6 is 0 Å². The Balaban J connectivity index is 2.09. The number of aromatic nitrogens is 2. The number of hydrogen-bond acceptors (Lipinski definition) is 3. The van der Waals surface area contributed by atoms with Crippen molar-refractivity contribution >= 4 is 11.9 Å². The molecule has 1 aromatic heterocycles. The van der Waals surface area contributed by atoms with Crippen molar-refractivity contribution in [2.75, 3.05) is 6.54 Å². The molecule has 0 radical (unpaired) electrons. The number of nitrogens with zero attached hydrogens (tertiary/aromatic N) is 2. The maximum Gasteiger partial charge on any atom is 0.303 e. The van der Waals surface area contributed by atoms with E-state index in [1.165, 1.54) is 0 Å². The minimum absolute atomic E-state index is 0.00999. The van der Waals surface area contributed by atoms with Gasteiger partial charge in [-0.3, -0.25) is 14.3 Å². The first kappa shape index (κ1) is 16.2. The topological polar surface area (TPSA) is 84.2 Å². The van der Waals surface area contributed by atoms with Crippen molar-refractivity contribution in [1.82, 2.24) is 15.1 Å². The third kappa shape index (κ3) is 6.36. The first-order chi connectivity index (χ1) is 9.49. The molecule has 0 bridgehead atoms. The zero-order chi connectivity index (χ0) is 15.0. The molecule has 2 N–H and O–H groups in total. The average molecular weight is 281 g/mol. The Hall–Kier alpha value is -1.85. The van der Waals surface area contributed by atoms with Crippen molar-refractivity contribution in [2.45, 2.75) is 52.5 Å². The smallest absolute Gasteiger partial charge is 0.303 e. The molecule has 1 rings (SSSR count). The molecule has 0 saturated heterocycles. The van der Waals surface area contributed by atoms with Crippen LogP contribution in [0.4, 0.5) is 0 Å². The molecular weight excluding hydrogens is 258 g/mol. The number of aliphatic carboxylic acids is 1. The zero-order valence-electron chi connectivity index (χ0n) is 12.2. The van der Waals surface area contributed by atoms with Crippen molar-refractivity contribution < 1.29 is 14.7 Å². The summed E-state index contributed by atoms with van der Waals surface area (Å²) >= 11 is 0. The third-order valence-electron chi connectivity index (χ3n) is 3.04. The van der Waals surface area contributed by atoms with Gasteiger partial charge in [0.2, 0.25) is 5.91 Å². The predicted molar refractivity (Wildman–Crippen MR) is 75.4 cm³/mol. The maximum atomic E-state index is 11.6. The summed E-state index contributed by atoms with van der Waals surface area (Å²) in [6, 6.07) is 1.99. The highest BCUT2D eigenvalue weighted by molar-refractivity contribution is 5.75. The van der Waals surface area contributed by atoms with Gasteiger partial charge in [-0.1, -0.05) is 6.42 Å². The Kier molecular flexibility index (Phi) is 6.76. The van der Waals surface area contributed by atoms with E-state index < -0.39 is 5.97 Å². The molecule has 0 aliphatic rings. The Morgan fingerprint density at radius 3 is 2.60 bits per heavy atom. The van der Waals surface area contributed by atoms with Gasteiger partial charge in [0.25, 0.3) is 0 Å². The van der Waals surface area contributed by atoms with Crippen molar-refractivity contribution in [3.63, 3.8) is 0 Å². The highest BCUT2D eigenvalue weighted by Gasteiger charge is 2.05. The first-order valence-electron chi connectivity index (χ1n) is 6.98. The number of aryl methyl sites for hydroxylation is 3. The molecule has 1 amide bonds. The molecule has 0 aliphatic carbocycles. The molecule has 112 valence electrons. The minimum Gasteiger partial charge on any atom is -0.481 e. The van der Waals surface area contributed by atoms with Crippen molar-refractivity contribution in [3.05, 3.63) is 17.5 Å². The van der Waals surface area contributed by atoms with Crippen LogP contribution in [0.2, 0.25) is 0 Å². The molecular formula is C14H23N3O3. The van der Waals surface area contributed by atoms with Gasteiger partial charge in [-0.2, -0.15) is 5.10 Å². The number of carbonyl (C=O) groups is 2. The Bertz CT molecular complexity index is 455. The normalized spacial score (nSPS) is 10.5. The van der Waals surface area contributed by atoms with Gasteiger partial charge in [0.15, 0.2) is 0 Å². The standard InChI is InChI=1S/C14H23N3O3/c1-11-10-12(2)17(16-11)9-7-13(18)15-8-5-3-4-6-14(19)20/h10H,3-9H2,1-2H3,(H,15,18)(H,19,20).